The van der Waals surface area contributed by atoms with Crippen LogP contribution in [0, 0.1) is 10.1 Å². The Hall–Kier alpha value is -4.18. The minimum absolute atomic E-state index is 0.00563. The molecule has 2 aromatic carbocycles. The number of nitro groups is 1. The molecular formula is C23H18N4O5S. The first-order valence-corrected chi connectivity index (χ1v) is 10.6. The normalized spacial score (nSPS) is 15.9. The van der Waals surface area contributed by atoms with Crippen molar-refractivity contribution in [3.63, 3.8) is 0 Å². The number of carbonyl (C=O) groups is 2. The van der Waals surface area contributed by atoms with E-state index < -0.39 is 10.9 Å². The number of amidine groups is 1. The Labute approximate surface area is 193 Å². The van der Waals surface area contributed by atoms with Crippen LogP contribution in [-0.2, 0) is 9.53 Å². The summed E-state index contributed by atoms with van der Waals surface area (Å²) in [4.78, 5) is 41.5. The maximum Gasteiger partial charge on any atom is 0.337 e. The number of non-ortho nitro benzene ring substituents is 1. The molecular weight excluding hydrogens is 444 g/mol. The molecule has 0 unspecified atom stereocenters. The second-order valence-corrected chi connectivity index (χ2v) is 8.00. The van der Waals surface area contributed by atoms with Gasteiger partial charge >= 0.3 is 5.97 Å². The van der Waals surface area contributed by atoms with Crippen LogP contribution in [0.15, 0.2) is 76.8 Å². The van der Waals surface area contributed by atoms with Crippen LogP contribution in [0.3, 0.4) is 0 Å². The smallest absolute Gasteiger partial charge is 0.337 e. The minimum atomic E-state index is -0.465. The number of methoxy groups -OCH3 is 1. The van der Waals surface area contributed by atoms with Gasteiger partial charge in [0.2, 0.25) is 0 Å². The van der Waals surface area contributed by atoms with E-state index in [2.05, 4.69) is 4.99 Å². The summed E-state index contributed by atoms with van der Waals surface area (Å²) < 4.78 is 6.57. The molecule has 1 aliphatic rings. The highest BCUT2D eigenvalue weighted by molar-refractivity contribution is 8.18. The van der Waals surface area contributed by atoms with Crippen molar-refractivity contribution in [2.24, 2.45) is 4.99 Å². The number of aliphatic imine (C=N–C) groups is 1. The lowest BCUT2D eigenvalue weighted by Gasteiger charge is -2.08. The van der Waals surface area contributed by atoms with Crippen LogP contribution in [0.4, 0.5) is 11.4 Å². The third kappa shape index (κ3) is 4.55. The molecule has 4 rings (SSSR count). The number of esters is 1. The molecule has 0 bridgehead atoms. The predicted molar refractivity (Wildman–Crippen MR) is 126 cm³/mol. The average molecular weight is 462 g/mol. The molecule has 0 radical (unpaired) electrons. The van der Waals surface area contributed by atoms with E-state index in [0.29, 0.717) is 21.3 Å². The fourth-order valence-electron chi connectivity index (χ4n) is 3.20. The van der Waals surface area contributed by atoms with Crippen molar-refractivity contribution in [3.05, 3.63) is 93.1 Å². The predicted octanol–water partition coefficient (Wildman–Crippen LogP) is 4.41. The van der Waals surface area contributed by atoms with E-state index in [0.717, 1.165) is 11.4 Å². The number of aromatic nitrogens is 1. The Morgan fingerprint density at radius 1 is 1.15 bits per heavy atom. The summed E-state index contributed by atoms with van der Waals surface area (Å²) in [6.45, 7) is 0. The van der Waals surface area contributed by atoms with Crippen LogP contribution in [0.1, 0.15) is 16.1 Å². The topological polar surface area (TPSA) is 107 Å². The maximum absolute atomic E-state index is 12.8. The Kier molecular flexibility index (Phi) is 6.09. The first-order chi connectivity index (χ1) is 15.9. The molecule has 0 spiro atoms. The zero-order chi connectivity index (χ0) is 23.5. The molecule has 1 saturated heterocycles. The van der Waals surface area contributed by atoms with E-state index in [1.54, 1.807) is 49.5 Å². The summed E-state index contributed by atoms with van der Waals surface area (Å²) in [5.74, 6) is -0.674. The fourth-order valence-corrected chi connectivity index (χ4v) is 4.17. The molecule has 2 heterocycles. The van der Waals surface area contributed by atoms with Crippen molar-refractivity contribution in [2.45, 2.75) is 0 Å². The fraction of sp³-hybridized carbons (Fsp3) is 0.0870. The largest absolute Gasteiger partial charge is 0.465 e. The van der Waals surface area contributed by atoms with Crippen molar-refractivity contribution < 1.29 is 19.2 Å². The Morgan fingerprint density at radius 3 is 2.61 bits per heavy atom. The molecule has 0 saturated carbocycles. The second kappa shape index (κ2) is 9.13. The highest BCUT2D eigenvalue weighted by atomic mass is 32.2. The van der Waals surface area contributed by atoms with Gasteiger partial charge in [-0.25, -0.2) is 9.79 Å². The molecule has 10 heteroatoms. The van der Waals surface area contributed by atoms with Crippen molar-refractivity contribution in [1.29, 1.82) is 0 Å². The minimum Gasteiger partial charge on any atom is -0.465 e. The van der Waals surface area contributed by atoms with Gasteiger partial charge in [0.05, 0.1) is 28.2 Å². The molecule has 0 atom stereocenters. The van der Waals surface area contributed by atoms with E-state index in [4.69, 9.17) is 4.74 Å². The van der Waals surface area contributed by atoms with Crippen LogP contribution in [-0.4, -0.2) is 45.6 Å². The van der Waals surface area contributed by atoms with Gasteiger partial charge in [0.15, 0.2) is 5.17 Å². The number of rotatable bonds is 5. The highest BCUT2D eigenvalue weighted by Gasteiger charge is 2.30. The molecule has 1 fully saturated rings. The van der Waals surface area contributed by atoms with Gasteiger partial charge in [-0.15, -0.1) is 0 Å². The number of hydrogen-bond acceptors (Lipinski definition) is 7. The van der Waals surface area contributed by atoms with Crippen LogP contribution in [0.2, 0.25) is 0 Å². The lowest BCUT2D eigenvalue weighted by Crippen LogP contribution is -2.23. The molecule has 3 aromatic rings. The number of ether oxygens (including phenoxy) is 1. The van der Waals surface area contributed by atoms with Crippen LogP contribution in [0.25, 0.3) is 11.8 Å². The van der Waals surface area contributed by atoms with Gasteiger partial charge in [-0.3, -0.25) is 19.8 Å². The van der Waals surface area contributed by atoms with E-state index in [1.165, 1.54) is 35.9 Å². The number of benzene rings is 2. The third-order valence-corrected chi connectivity index (χ3v) is 5.95. The van der Waals surface area contributed by atoms with Gasteiger partial charge in [-0.2, -0.15) is 0 Å². The van der Waals surface area contributed by atoms with Crippen LogP contribution < -0.4 is 0 Å². The highest BCUT2D eigenvalue weighted by Crippen LogP contribution is 2.33. The average Bonchev–Trinajstić information content (AvgIpc) is 3.39. The summed E-state index contributed by atoms with van der Waals surface area (Å²) >= 11 is 1.22. The maximum atomic E-state index is 12.8. The Morgan fingerprint density at radius 2 is 1.91 bits per heavy atom. The monoisotopic (exact) mass is 462 g/mol. The van der Waals surface area contributed by atoms with Crippen molar-refractivity contribution >= 4 is 46.3 Å². The van der Waals surface area contributed by atoms with E-state index in [1.807, 2.05) is 22.9 Å². The molecule has 0 aliphatic carbocycles. The van der Waals surface area contributed by atoms with Crippen LogP contribution in [0.5, 0.6) is 0 Å². The molecule has 1 aliphatic heterocycles. The number of nitrogens with zero attached hydrogens (tertiary/aromatic N) is 4. The van der Waals surface area contributed by atoms with Gasteiger partial charge in [0.25, 0.3) is 11.6 Å². The van der Waals surface area contributed by atoms with Gasteiger partial charge in [0.1, 0.15) is 0 Å². The quantitative estimate of drug-likeness (QED) is 0.241. The number of amides is 1. The molecule has 33 heavy (non-hydrogen) atoms. The SMILES string of the molecule is COC(=O)c1cccc(N=C2SC(=Cc3cccn3-c3ccc([N+](=O)[O-])cc3)C(=O)N2C)c1. The lowest BCUT2D eigenvalue weighted by molar-refractivity contribution is -0.384. The zero-order valence-corrected chi connectivity index (χ0v) is 18.5. The standard InChI is InChI=1S/C23H18N4O5S/c1-25-21(28)20(33-23(25)24-16-6-3-5-15(13-16)22(29)32-2)14-19-7-4-12-26(19)17-8-10-18(11-9-17)27(30)31/h3-14H,1-2H3. The zero-order valence-electron chi connectivity index (χ0n) is 17.7. The van der Waals surface area contributed by atoms with Gasteiger partial charge in [0, 0.05) is 36.8 Å². The molecule has 0 N–H and O–H groups in total. The van der Waals surface area contributed by atoms with Gasteiger partial charge in [-0.1, -0.05) is 6.07 Å². The van der Waals surface area contributed by atoms with Crippen molar-refractivity contribution in [2.75, 3.05) is 14.2 Å². The first kappa shape index (κ1) is 22.0. The van der Waals surface area contributed by atoms with E-state index >= 15 is 0 Å². The number of carbonyl (C=O) groups excluding carboxylic acids is 2. The van der Waals surface area contributed by atoms with Crippen molar-refractivity contribution in [3.8, 4) is 5.69 Å². The second-order valence-electron chi connectivity index (χ2n) is 6.99. The van der Waals surface area contributed by atoms with E-state index in [-0.39, 0.29) is 11.6 Å². The van der Waals surface area contributed by atoms with Gasteiger partial charge < -0.3 is 9.30 Å². The molecule has 1 aromatic heterocycles. The number of thioether (sulfide) groups is 1. The van der Waals surface area contributed by atoms with Crippen LogP contribution >= 0.6 is 11.8 Å². The summed E-state index contributed by atoms with van der Waals surface area (Å²) in [6, 6.07) is 16.5. The third-order valence-electron chi connectivity index (χ3n) is 4.89. The number of hydrogen-bond donors (Lipinski definition) is 0. The first-order valence-electron chi connectivity index (χ1n) is 9.74. The van der Waals surface area contributed by atoms with Crippen molar-refractivity contribution in [1.82, 2.24) is 9.47 Å². The molecule has 166 valence electrons. The van der Waals surface area contributed by atoms with E-state index in [9.17, 15) is 19.7 Å². The summed E-state index contributed by atoms with van der Waals surface area (Å²) in [5.41, 5.74) is 2.37. The number of likely N-dealkylation sites (N-methyl/N-ethyl adjacent to an activating group) is 1. The van der Waals surface area contributed by atoms with Gasteiger partial charge in [-0.05, 0) is 60.3 Å². The summed E-state index contributed by atoms with van der Waals surface area (Å²) in [5, 5.41) is 11.4. The number of nitro benzene ring substituents is 1. The Balaban J connectivity index is 1.62. The summed E-state index contributed by atoms with van der Waals surface area (Å²) in [7, 11) is 2.94. The molecule has 1 amide bonds. The molecule has 9 nitrogen and oxygen atoms in total. The Bertz CT molecular complexity index is 1310. The summed E-state index contributed by atoms with van der Waals surface area (Å²) in [6.07, 6.45) is 3.56. The lowest BCUT2D eigenvalue weighted by atomic mass is 10.2.